The summed E-state index contributed by atoms with van der Waals surface area (Å²) in [4.78, 5) is 18.9. The number of hydrogen-bond acceptors (Lipinski definition) is 4. The standard InChI is InChI=1S/C32H29N3O2/c1-32(17-27-22-9-3-5-11-25(22)29(32)26-12-6-4-10-23(26)27)30(36)35-31-33-18-28(34-31)24-13-7-8-19-16-20(37-2)14-15-21(19)24/h3-16,27-29H,17-18H2,1-2H3,(H2,33,34,35,36). The van der Waals surface area contributed by atoms with E-state index in [9.17, 15) is 4.79 Å². The maximum Gasteiger partial charge on any atom is 0.233 e. The van der Waals surface area contributed by atoms with Crippen molar-refractivity contribution in [3.05, 3.63) is 113 Å². The third-order valence-electron chi connectivity index (χ3n) is 8.61. The Morgan fingerprint density at radius 1 is 0.919 bits per heavy atom. The van der Waals surface area contributed by atoms with Crippen molar-refractivity contribution in [2.45, 2.75) is 31.2 Å². The Morgan fingerprint density at radius 3 is 2.30 bits per heavy atom. The summed E-state index contributed by atoms with van der Waals surface area (Å²) in [6.45, 7) is 2.77. The van der Waals surface area contributed by atoms with Gasteiger partial charge in [-0.1, -0.05) is 72.8 Å². The van der Waals surface area contributed by atoms with Gasteiger partial charge in [-0.2, -0.15) is 0 Å². The second-order valence-corrected chi connectivity index (χ2v) is 10.6. The van der Waals surface area contributed by atoms with Crippen LogP contribution in [0.1, 0.15) is 59.0 Å². The monoisotopic (exact) mass is 487 g/mol. The maximum absolute atomic E-state index is 14.0. The zero-order valence-electron chi connectivity index (χ0n) is 21.0. The lowest BCUT2D eigenvalue weighted by molar-refractivity contribution is -0.130. The number of amides is 1. The van der Waals surface area contributed by atoms with Crippen LogP contribution in [0.4, 0.5) is 0 Å². The first-order valence-corrected chi connectivity index (χ1v) is 12.9. The number of carbonyl (C=O) groups is 1. The average molecular weight is 488 g/mol. The van der Waals surface area contributed by atoms with Gasteiger partial charge in [0.15, 0.2) is 5.96 Å². The van der Waals surface area contributed by atoms with E-state index >= 15 is 0 Å². The van der Waals surface area contributed by atoms with Crippen LogP contribution in [0.2, 0.25) is 0 Å². The summed E-state index contributed by atoms with van der Waals surface area (Å²) in [5.41, 5.74) is 5.86. The summed E-state index contributed by atoms with van der Waals surface area (Å²) < 4.78 is 5.39. The molecule has 4 aromatic carbocycles. The highest BCUT2D eigenvalue weighted by atomic mass is 16.5. The van der Waals surface area contributed by atoms with E-state index in [2.05, 4.69) is 90.4 Å². The maximum atomic E-state index is 14.0. The number of carbonyl (C=O) groups excluding carboxylic acids is 1. The van der Waals surface area contributed by atoms with Crippen LogP contribution in [0.5, 0.6) is 5.75 Å². The van der Waals surface area contributed by atoms with E-state index in [1.165, 1.54) is 22.3 Å². The van der Waals surface area contributed by atoms with Gasteiger partial charge in [0.05, 0.1) is 18.6 Å². The number of methoxy groups -OCH3 is 1. The molecule has 5 nitrogen and oxygen atoms in total. The first-order chi connectivity index (χ1) is 18.1. The van der Waals surface area contributed by atoms with E-state index in [-0.39, 0.29) is 23.8 Å². The van der Waals surface area contributed by atoms with E-state index in [0.717, 1.165) is 28.5 Å². The van der Waals surface area contributed by atoms with Gasteiger partial charge in [0, 0.05) is 18.4 Å². The van der Waals surface area contributed by atoms with Gasteiger partial charge < -0.3 is 10.1 Å². The molecule has 37 heavy (non-hydrogen) atoms. The lowest BCUT2D eigenvalue weighted by atomic mass is 9.52. The minimum absolute atomic E-state index is 0.0238. The Bertz CT molecular complexity index is 1540. The molecule has 8 rings (SSSR count). The zero-order chi connectivity index (χ0) is 25.1. The second-order valence-electron chi connectivity index (χ2n) is 10.6. The number of rotatable bonds is 3. The molecule has 184 valence electrons. The Balaban J connectivity index is 1.19. The Morgan fingerprint density at radius 2 is 1.59 bits per heavy atom. The fraction of sp³-hybridized carbons (Fsp3) is 0.250. The molecular weight excluding hydrogens is 458 g/mol. The van der Waals surface area contributed by atoms with Crippen molar-refractivity contribution in [2.24, 2.45) is 10.4 Å². The van der Waals surface area contributed by atoms with Crippen molar-refractivity contribution in [3.63, 3.8) is 0 Å². The fourth-order valence-electron chi connectivity index (χ4n) is 6.84. The topological polar surface area (TPSA) is 62.7 Å². The molecule has 0 aromatic heterocycles. The normalized spacial score (nSPS) is 25.1. The van der Waals surface area contributed by atoms with Crippen molar-refractivity contribution in [1.29, 1.82) is 0 Å². The first kappa shape index (κ1) is 22.1. The zero-order valence-corrected chi connectivity index (χ0v) is 21.0. The molecule has 0 saturated carbocycles. The number of fused-ring (bicyclic) bond motifs is 2. The molecular formula is C32H29N3O2. The van der Waals surface area contributed by atoms with Crippen molar-refractivity contribution < 1.29 is 9.53 Å². The van der Waals surface area contributed by atoms with Gasteiger partial charge >= 0.3 is 0 Å². The van der Waals surface area contributed by atoms with Gasteiger partial charge in [0.25, 0.3) is 0 Å². The third-order valence-corrected chi connectivity index (χ3v) is 8.61. The molecule has 2 unspecified atom stereocenters. The van der Waals surface area contributed by atoms with Gasteiger partial charge in [-0.15, -0.1) is 0 Å². The van der Waals surface area contributed by atoms with Gasteiger partial charge in [0.1, 0.15) is 5.75 Å². The molecule has 5 heteroatoms. The summed E-state index contributed by atoms with van der Waals surface area (Å²) >= 11 is 0. The molecule has 4 aromatic rings. The highest BCUT2D eigenvalue weighted by molar-refractivity contribution is 6.01. The number of aliphatic imine (C=N–C) groups is 1. The number of nitrogens with one attached hydrogen (secondary N) is 2. The minimum atomic E-state index is -0.564. The molecule has 1 heterocycles. The quantitative estimate of drug-likeness (QED) is 0.392. The van der Waals surface area contributed by atoms with Gasteiger partial charge in [-0.25, -0.2) is 4.99 Å². The molecule has 2 N–H and O–H groups in total. The van der Waals surface area contributed by atoms with E-state index < -0.39 is 5.41 Å². The minimum Gasteiger partial charge on any atom is -0.497 e. The molecule has 0 saturated heterocycles. The second kappa shape index (κ2) is 8.20. The van der Waals surface area contributed by atoms with E-state index in [4.69, 9.17) is 9.73 Å². The number of ether oxygens (including phenoxy) is 1. The molecule has 4 aliphatic rings. The molecule has 2 atom stereocenters. The Hall–Kier alpha value is -4.12. The Kier molecular flexibility index (Phi) is 4.90. The molecule has 0 fully saturated rings. The van der Waals surface area contributed by atoms with Crippen molar-refractivity contribution in [2.75, 3.05) is 13.7 Å². The van der Waals surface area contributed by atoms with Crippen LogP contribution in [0.25, 0.3) is 10.8 Å². The molecule has 0 radical (unpaired) electrons. The lowest BCUT2D eigenvalue weighted by Crippen LogP contribution is -2.52. The van der Waals surface area contributed by atoms with Gasteiger partial charge in [-0.3, -0.25) is 10.1 Å². The van der Waals surface area contributed by atoms with Crippen molar-refractivity contribution in [3.8, 4) is 5.75 Å². The van der Waals surface area contributed by atoms with Crippen molar-refractivity contribution >= 4 is 22.6 Å². The predicted octanol–water partition coefficient (Wildman–Crippen LogP) is 5.65. The number of guanidine groups is 1. The lowest BCUT2D eigenvalue weighted by Gasteiger charge is -2.50. The summed E-state index contributed by atoms with van der Waals surface area (Å²) in [7, 11) is 1.68. The predicted molar refractivity (Wildman–Crippen MR) is 146 cm³/mol. The van der Waals surface area contributed by atoms with Gasteiger partial charge in [-0.05, 0) is 64.1 Å². The summed E-state index contributed by atoms with van der Waals surface area (Å²) in [5.74, 6) is 1.68. The van der Waals surface area contributed by atoms with Crippen LogP contribution in [0, 0.1) is 5.41 Å². The average Bonchev–Trinajstić information content (AvgIpc) is 3.40. The van der Waals surface area contributed by atoms with Crippen LogP contribution in [-0.4, -0.2) is 25.5 Å². The van der Waals surface area contributed by atoms with E-state index in [1.807, 2.05) is 12.1 Å². The van der Waals surface area contributed by atoms with Crippen LogP contribution >= 0.6 is 0 Å². The molecule has 3 aliphatic carbocycles. The highest BCUT2D eigenvalue weighted by Gasteiger charge is 2.54. The highest BCUT2D eigenvalue weighted by Crippen LogP contribution is 2.60. The van der Waals surface area contributed by atoms with Crippen LogP contribution in [0.15, 0.2) is 89.9 Å². The first-order valence-electron chi connectivity index (χ1n) is 12.9. The molecule has 1 amide bonds. The summed E-state index contributed by atoms with van der Waals surface area (Å²) in [6, 6.07) is 29.6. The van der Waals surface area contributed by atoms with E-state index in [1.54, 1.807) is 7.11 Å². The third kappa shape index (κ3) is 3.30. The summed E-state index contributed by atoms with van der Waals surface area (Å²) in [5, 5.41) is 8.80. The summed E-state index contributed by atoms with van der Waals surface area (Å²) in [6.07, 6.45) is 0.791. The van der Waals surface area contributed by atoms with Crippen LogP contribution in [-0.2, 0) is 4.79 Å². The SMILES string of the molecule is COc1ccc2c(C3CNC(NC(=O)C4(C)CC5c6ccccc6C4c4ccccc45)=N3)cccc2c1. The largest absolute Gasteiger partial charge is 0.497 e. The van der Waals surface area contributed by atoms with Crippen molar-refractivity contribution in [1.82, 2.24) is 10.6 Å². The van der Waals surface area contributed by atoms with Gasteiger partial charge in [0.2, 0.25) is 5.91 Å². The molecule has 0 spiro atoms. The number of benzene rings is 4. The molecule has 1 aliphatic heterocycles. The van der Waals surface area contributed by atoms with E-state index in [0.29, 0.717) is 12.5 Å². The molecule has 2 bridgehead atoms. The number of hydrogen-bond donors (Lipinski definition) is 2. The smallest absolute Gasteiger partial charge is 0.233 e. The Labute approximate surface area is 216 Å². The fourth-order valence-corrected chi connectivity index (χ4v) is 6.84. The van der Waals surface area contributed by atoms with Crippen LogP contribution in [0.3, 0.4) is 0 Å². The van der Waals surface area contributed by atoms with Crippen LogP contribution < -0.4 is 15.4 Å². The number of nitrogens with zero attached hydrogens (tertiary/aromatic N) is 1.